The van der Waals surface area contributed by atoms with Gasteiger partial charge in [0.15, 0.2) is 0 Å². The van der Waals surface area contributed by atoms with Crippen LogP contribution in [0.2, 0.25) is 0 Å². The molecule has 40 heavy (non-hydrogen) atoms. The van der Waals surface area contributed by atoms with E-state index in [9.17, 15) is 19.2 Å². The van der Waals surface area contributed by atoms with Crippen LogP contribution in [0.15, 0.2) is 98.1 Å². The lowest BCUT2D eigenvalue weighted by Crippen LogP contribution is -2.10. The highest BCUT2D eigenvalue weighted by Gasteiger charge is 2.12. The molecule has 0 radical (unpaired) electrons. The first-order valence-electron chi connectivity index (χ1n) is 12.0. The zero-order valence-electron chi connectivity index (χ0n) is 21.4. The summed E-state index contributed by atoms with van der Waals surface area (Å²) in [5, 5.41) is 0. The van der Waals surface area contributed by atoms with Crippen LogP contribution in [0.3, 0.4) is 0 Å². The van der Waals surface area contributed by atoms with E-state index in [0.717, 1.165) is 12.2 Å². The number of esters is 4. The lowest BCUT2D eigenvalue weighted by atomic mass is 10.2. The minimum atomic E-state index is -0.611. The van der Waals surface area contributed by atoms with Crippen molar-refractivity contribution in [3.8, 4) is 23.0 Å². The maximum atomic E-state index is 12.5. The number of hydrogen-bond donors (Lipinski definition) is 0. The largest absolute Gasteiger partial charge is 0.493 e. The summed E-state index contributed by atoms with van der Waals surface area (Å²) >= 11 is 0. The molecule has 3 aromatic carbocycles. The van der Waals surface area contributed by atoms with Gasteiger partial charge in [0.2, 0.25) is 6.79 Å². The van der Waals surface area contributed by atoms with Crippen molar-refractivity contribution in [3.63, 3.8) is 0 Å². The van der Waals surface area contributed by atoms with Gasteiger partial charge < -0.3 is 28.4 Å². The Morgan fingerprint density at radius 3 is 1.45 bits per heavy atom. The highest BCUT2D eigenvalue weighted by Crippen LogP contribution is 2.21. The van der Waals surface area contributed by atoms with E-state index in [1.807, 2.05) is 0 Å². The average molecular weight is 547 g/mol. The van der Waals surface area contributed by atoms with Gasteiger partial charge in [-0.2, -0.15) is 0 Å². The van der Waals surface area contributed by atoms with Crippen molar-refractivity contribution in [2.45, 2.75) is 6.42 Å². The van der Waals surface area contributed by atoms with Gasteiger partial charge in [-0.3, -0.25) is 0 Å². The molecule has 0 amide bonds. The predicted molar refractivity (Wildman–Crippen MR) is 142 cm³/mol. The van der Waals surface area contributed by atoms with Crippen molar-refractivity contribution in [2.75, 3.05) is 20.0 Å². The minimum absolute atomic E-state index is 0.216. The molecule has 206 valence electrons. The van der Waals surface area contributed by atoms with Gasteiger partial charge in [0.1, 0.15) is 23.0 Å². The van der Waals surface area contributed by atoms with Crippen LogP contribution in [0.5, 0.6) is 23.0 Å². The lowest BCUT2D eigenvalue weighted by molar-refractivity contribution is -0.144. The fraction of sp³-hybridized carbons (Fsp3) is 0.133. The standard InChI is InChI=1S/C30H26O10/c1-3-27(31)36-19-5-18-35-23-10-6-21(7-11-23)29(33)39-25-14-16-26(17-15-25)40-30(34)22-8-12-24(13-9-22)37-20-38-28(32)4-2/h3-4,6-17H,1-2,5,18-20H2. The molecular weight excluding hydrogens is 520 g/mol. The smallest absolute Gasteiger partial charge is 0.343 e. The minimum Gasteiger partial charge on any atom is -0.493 e. The summed E-state index contributed by atoms with van der Waals surface area (Å²) in [6.07, 6.45) is 2.62. The van der Waals surface area contributed by atoms with Crippen molar-refractivity contribution >= 4 is 23.9 Å². The van der Waals surface area contributed by atoms with E-state index in [0.29, 0.717) is 30.1 Å². The van der Waals surface area contributed by atoms with Crippen molar-refractivity contribution in [2.24, 2.45) is 0 Å². The lowest BCUT2D eigenvalue weighted by Gasteiger charge is -2.09. The van der Waals surface area contributed by atoms with E-state index >= 15 is 0 Å². The summed E-state index contributed by atoms with van der Waals surface area (Å²) in [4.78, 5) is 46.9. The summed E-state index contributed by atoms with van der Waals surface area (Å²) in [6.45, 7) is 6.86. The van der Waals surface area contributed by atoms with Crippen LogP contribution in [0.1, 0.15) is 27.1 Å². The Kier molecular flexibility index (Phi) is 11.0. The highest BCUT2D eigenvalue weighted by molar-refractivity contribution is 5.92. The fourth-order valence-corrected chi connectivity index (χ4v) is 2.98. The molecule has 10 nitrogen and oxygen atoms in total. The Morgan fingerprint density at radius 1 is 0.550 bits per heavy atom. The van der Waals surface area contributed by atoms with E-state index in [1.54, 1.807) is 24.3 Å². The molecule has 0 heterocycles. The molecule has 0 spiro atoms. The molecule has 10 heteroatoms. The van der Waals surface area contributed by atoms with Crippen LogP contribution in [0.4, 0.5) is 0 Å². The molecule has 0 atom stereocenters. The first kappa shape index (κ1) is 29.2. The van der Waals surface area contributed by atoms with E-state index < -0.39 is 23.9 Å². The van der Waals surface area contributed by atoms with Gasteiger partial charge in [0.05, 0.1) is 24.3 Å². The number of ether oxygens (including phenoxy) is 6. The molecule has 0 bridgehead atoms. The third-order valence-electron chi connectivity index (χ3n) is 4.99. The number of carbonyl (C=O) groups excluding carboxylic acids is 4. The number of rotatable bonds is 14. The van der Waals surface area contributed by atoms with Gasteiger partial charge >= 0.3 is 23.9 Å². The SMILES string of the molecule is C=CC(=O)OCCCOc1ccc(C(=O)Oc2ccc(OC(=O)c3ccc(OCOC(=O)C=C)cc3)cc2)cc1. The van der Waals surface area contributed by atoms with Crippen LogP contribution in [-0.4, -0.2) is 43.9 Å². The maximum absolute atomic E-state index is 12.5. The normalized spacial score (nSPS) is 10.0. The van der Waals surface area contributed by atoms with Gasteiger partial charge in [0, 0.05) is 18.6 Å². The zero-order valence-corrected chi connectivity index (χ0v) is 21.4. The zero-order chi connectivity index (χ0) is 28.7. The van der Waals surface area contributed by atoms with Gasteiger partial charge in [0.25, 0.3) is 0 Å². The first-order valence-corrected chi connectivity index (χ1v) is 12.0. The molecule has 0 aliphatic carbocycles. The molecule has 0 aliphatic heterocycles. The van der Waals surface area contributed by atoms with Crippen LogP contribution in [0.25, 0.3) is 0 Å². The Labute approximate surface area is 230 Å². The van der Waals surface area contributed by atoms with Gasteiger partial charge in [-0.15, -0.1) is 0 Å². The maximum Gasteiger partial charge on any atom is 0.343 e. The Balaban J connectivity index is 1.43. The van der Waals surface area contributed by atoms with Gasteiger partial charge in [-0.1, -0.05) is 13.2 Å². The fourth-order valence-electron chi connectivity index (χ4n) is 2.98. The molecule has 0 aliphatic rings. The highest BCUT2D eigenvalue weighted by atomic mass is 16.7. The molecular formula is C30H26O10. The topological polar surface area (TPSA) is 124 Å². The van der Waals surface area contributed by atoms with Crippen LogP contribution in [0, 0.1) is 0 Å². The molecule has 0 fully saturated rings. The van der Waals surface area contributed by atoms with E-state index in [-0.39, 0.29) is 30.5 Å². The monoisotopic (exact) mass is 546 g/mol. The summed E-state index contributed by atoms with van der Waals surface area (Å²) in [7, 11) is 0. The summed E-state index contributed by atoms with van der Waals surface area (Å²) < 4.78 is 31.1. The number of benzene rings is 3. The second-order valence-corrected chi connectivity index (χ2v) is 7.80. The second kappa shape index (κ2) is 15.1. The Bertz CT molecular complexity index is 1330. The summed E-state index contributed by atoms with van der Waals surface area (Å²) in [6, 6.07) is 18.4. The van der Waals surface area contributed by atoms with Crippen LogP contribution >= 0.6 is 0 Å². The molecule has 0 saturated carbocycles. The molecule has 0 N–H and O–H groups in total. The van der Waals surface area contributed by atoms with Crippen LogP contribution < -0.4 is 18.9 Å². The molecule has 3 rings (SSSR count). The van der Waals surface area contributed by atoms with Crippen LogP contribution in [-0.2, 0) is 19.1 Å². The van der Waals surface area contributed by atoms with Gasteiger partial charge in [-0.25, -0.2) is 19.2 Å². The quantitative estimate of drug-likeness (QED) is 0.0925. The van der Waals surface area contributed by atoms with Crippen molar-refractivity contribution < 1.29 is 47.6 Å². The molecule has 3 aromatic rings. The van der Waals surface area contributed by atoms with E-state index in [2.05, 4.69) is 13.2 Å². The van der Waals surface area contributed by atoms with Gasteiger partial charge in [-0.05, 0) is 72.8 Å². The van der Waals surface area contributed by atoms with Crippen molar-refractivity contribution in [3.05, 3.63) is 109 Å². The number of carbonyl (C=O) groups is 4. The molecule has 0 saturated heterocycles. The summed E-state index contributed by atoms with van der Waals surface area (Å²) in [5.41, 5.74) is 0.587. The molecule has 0 aromatic heterocycles. The average Bonchev–Trinajstić information content (AvgIpc) is 2.98. The first-order chi connectivity index (χ1) is 19.4. The summed E-state index contributed by atoms with van der Waals surface area (Å²) in [5.74, 6) is -0.817. The number of hydrogen-bond acceptors (Lipinski definition) is 10. The van der Waals surface area contributed by atoms with E-state index in [4.69, 9.17) is 28.4 Å². The van der Waals surface area contributed by atoms with Crippen molar-refractivity contribution in [1.82, 2.24) is 0 Å². The van der Waals surface area contributed by atoms with E-state index in [1.165, 1.54) is 48.5 Å². The second-order valence-electron chi connectivity index (χ2n) is 7.80. The third kappa shape index (κ3) is 9.49. The predicted octanol–water partition coefficient (Wildman–Crippen LogP) is 4.69. The molecule has 0 unspecified atom stereocenters. The Hall–Kier alpha value is -5.38. The Morgan fingerprint density at radius 2 is 0.975 bits per heavy atom. The van der Waals surface area contributed by atoms with Crippen molar-refractivity contribution in [1.29, 1.82) is 0 Å². The third-order valence-corrected chi connectivity index (χ3v) is 4.99.